The van der Waals surface area contributed by atoms with Crippen molar-refractivity contribution in [3.8, 4) is 11.4 Å². The fourth-order valence-electron chi connectivity index (χ4n) is 1.24. The molecule has 2 heterocycles. The SMILES string of the molecule is Cc1ccncc1-c1ncc(C=O)cn1. The second-order valence-electron chi connectivity index (χ2n) is 3.15. The molecule has 74 valence electrons. The number of nitrogens with zero attached hydrogens (tertiary/aromatic N) is 3. The molecule has 0 atom stereocenters. The minimum Gasteiger partial charge on any atom is -0.298 e. The van der Waals surface area contributed by atoms with Gasteiger partial charge >= 0.3 is 0 Å². The van der Waals surface area contributed by atoms with Crippen molar-refractivity contribution in [2.24, 2.45) is 0 Å². The van der Waals surface area contributed by atoms with E-state index in [1.54, 1.807) is 12.4 Å². The molecule has 0 saturated carbocycles. The zero-order valence-electron chi connectivity index (χ0n) is 8.21. The summed E-state index contributed by atoms with van der Waals surface area (Å²) in [6, 6.07) is 1.90. The van der Waals surface area contributed by atoms with Crippen LogP contribution in [-0.4, -0.2) is 21.2 Å². The van der Waals surface area contributed by atoms with Gasteiger partial charge in [0.15, 0.2) is 12.1 Å². The van der Waals surface area contributed by atoms with Crippen LogP contribution in [0.15, 0.2) is 30.9 Å². The summed E-state index contributed by atoms with van der Waals surface area (Å²) in [5.41, 5.74) is 2.42. The van der Waals surface area contributed by atoms with Crippen LogP contribution in [0.25, 0.3) is 11.4 Å². The van der Waals surface area contributed by atoms with Crippen LogP contribution in [0.3, 0.4) is 0 Å². The topological polar surface area (TPSA) is 55.7 Å². The normalized spacial score (nSPS) is 9.93. The molecule has 0 unspecified atom stereocenters. The average molecular weight is 199 g/mol. The fourth-order valence-corrected chi connectivity index (χ4v) is 1.24. The lowest BCUT2D eigenvalue weighted by molar-refractivity contribution is 0.112. The lowest BCUT2D eigenvalue weighted by atomic mass is 10.1. The summed E-state index contributed by atoms with van der Waals surface area (Å²) in [7, 11) is 0. The molecule has 4 nitrogen and oxygen atoms in total. The van der Waals surface area contributed by atoms with Gasteiger partial charge in [-0.1, -0.05) is 0 Å². The second-order valence-corrected chi connectivity index (χ2v) is 3.15. The van der Waals surface area contributed by atoms with Gasteiger partial charge in [-0.15, -0.1) is 0 Å². The van der Waals surface area contributed by atoms with Crippen molar-refractivity contribution in [2.75, 3.05) is 0 Å². The molecule has 0 fully saturated rings. The largest absolute Gasteiger partial charge is 0.298 e. The number of aryl methyl sites for hydroxylation is 1. The van der Waals surface area contributed by atoms with Gasteiger partial charge in [0.25, 0.3) is 0 Å². The Morgan fingerprint density at radius 3 is 2.53 bits per heavy atom. The van der Waals surface area contributed by atoms with E-state index in [4.69, 9.17) is 0 Å². The summed E-state index contributed by atoms with van der Waals surface area (Å²) >= 11 is 0. The minimum atomic E-state index is 0.472. The average Bonchev–Trinajstić information content (AvgIpc) is 2.30. The van der Waals surface area contributed by atoms with Crippen molar-refractivity contribution in [3.63, 3.8) is 0 Å². The van der Waals surface area contributed by atoms with E-state index in [1.165, 1.54) is 12.4 Å². The summed E-state index contributed by atoms with van der Waals surface area (Å²) in [5.74, 6) is 0.589. The van der Waals surface area contributed by atoms with E-state index >= 15 is 0 Å². The van der Waals surface area contributed by atoms with E-state index in [2.05, 4.69) is 15.0 Å². The summed E-state index contributed by atoms with van der Waals surface area (Å²) in [5, 5.41) is 0. The van der Waals surface area contributed by atoms with Gasteiger partial charge in [0.05, 0.1) is 5.56 Å². The molecule has 0 aliphatic rings. The number of carbonyl (C=O) groups excluding carboxylic acids is 1. The smallest absolute Gasteiger partial charge is 0.160 e. The first-order valence-corrected chi connectivity index (χ1v) is 4.49. The Morgan fingerprint density at radius 1 is 1.20 bits per heavy atom. The summed E-state index contributed by atoms with van der Waals surface area (Å²) < 4.78 is 0. The molecule has 0 N–H and O–H groups in total. The molecule has 0 aliphatic carbocycles. The molecule has 0 radical (unpaired) electrons. The monoisotopic (exact) mass is 199 g/mol. The quantitative estimate of drug-likeness (QED) is 0.690. The number of hydrogen-bond acceptors (Lipinski definition) is 4. The molecule has 0 aromatic carbocycles. The first kappa shape index (κ1) is 9.45. The third-order valence-corrected chi connectivity index (χ3v) is 2.09. The molecule has 0 spiro atoms. The number of pyridine rings is 1. The van der Waals surface area contributed by atoms with Gasteiger partial charge in [-0.3, -0.25) is 9.78 Å². The molecule has 2 aromatic rings. The molecular formula is C11H9N3O. The Morgan fingerprint density at radius 2 is 1.93 bits per heavy atom. The van der Waals surface area contributed by atoms with Gasteiger partial charge in [-0.25, -0.2) is 9.97 Å². The first-order chi connectivity index (χ1) is 7.31. The Hall–Kier alpha value is -2.10. The van der Waals surface area contributed by atoms with E-state index < -0.39 is 0 Å². The minimum absolute atomic E-state index is 0.472. The Bertz CT molecular complexity index is 479. The molecule has 4 heteroatoms. The lowest BCUT2D eigenvalue weighted by Gasteiger charge is -2.02. The Kier molecular flexibility index (Phi) is 2.49. The molecule has 0 saturated heterocycles. The summed E-state index contributed by atoms with van der Waals surface area (Å²) in [4.78, 5) is 22.6. The van der Waals surface area contributed by atoms with Crippen LogP contribution >= 0.6 is 0 Å². The summed E-state index contributed by atoms with van der Waals surface area (Å²) in [6.07, 6.45) is 7.16. The highest BCUT2D eigenvalue weighted by atomic mass is 16.1. The number of aldehydes is 1. The maximum absolute atomic E-state index is 10.4. The standard InChI is InChI=1S/C11H9N3O/c1-8-2-3-12-6-10(8)11-13-4-9(7-15)5-14-11/h2-7H,1H3. The maximum Gasteiger partial charge on any atom is 0.160 e. The van der Waals surface area contributed by atoms with E-state index in [0.717, 1.165) is 17.4 Å². The van der Waals surface area contributed by atoms with Crippen LogP contribution in [0, 0.1) is 6.92 Å². The van der Waals surface area contributed by atoms with Gasteiger partial charge in [0, 0.05) is 30.4 Å². The van der Waals surface area contributed by atoms with Crippen molar-refractivity contribution in [1.82, 2.24) is 15.0 Å². The van der Waals surface area contributed by atoms with E-state index in [9.17, 15) is 4.79 Å². The number of hydrogen-bond donors (Lipinski definition) is 0. The second kappa shape index (κ2) is 3.96. The molecule has 2 aromatic heterocycles. The maximum atomic E-state index is 10.4. The number of aromatic nitrogens is 3. The predicted octanol–water partition coefficient (Wildman–Crippen LogP) is 1.66. The van der Waals surface area contributed by atoms with Crippen LogP contribution in [0.1, 0.15) is 15.9 Å². The zero-order valence-corrected chi connectivity index (χ0v) is 8.21. The van der Waals surface area contributed by atoms with Crippen LogP contribution in [-0.2, 0) is 0 Å². The third kappa shape index (κ3) is 1.88. The zero-order chi connectivity index (χ0) is 10.7. The molecular weight excluding hydrogens is 190 g/mol. The van der Waals surface area contributed by atoms with Gasteiger partial charge in [0.2, 0.25) is 0 Å². The molecule has 15 heavy (non-hydrogen) atoms. The van der Waals surface area contributed by atoms with Crippen molar-refractivity contribution in [2.45, 2.75) is 6.92 Å². The van der Waals surface area contributed by atoms with Gasteiger partial charge in [0.1, 0.15) is 0 Å². The van der Waals surface area contributed by atoms with Crippen LogP contribution < -0.4 is 0 Å². The van der Waals surface area contributed by atoms with Crippen molar-refractivity contribution in [1.29, 1.82) is 0 Å². The highest BCUT2D eigenvalue weighted by Crippen LogP contribution is 2.16. The van der Waals surface area contributed by atoms with Crippen LogP contribution in [0.4, 0.5) is 0 Å². The van der Waals surface area contributed by atoms with E-state index in [1.807, 2.05) is 13.0 Å². The number of rotatable bonds is 2. The van der Waals surface area contributed by atoms with Crippen LogP contribution in [0.2, 0.25) is 0 Å². The van der Waals surface area contributed by atoms with Gasteiger partial charge < -0.3 is 0 Å². The lowest BCUT2D eigenvalue weighted by Crippen LogP contribution is -1.93. The van der Waals surface area contributed by atoms with Gasteiger partial charge in [-0.05, 0) is 18.6 Å². The highest BCUT2D eigenvalue weighted by molar-refractivity contribution is 5.74. The number of carbonyl (C=O) groups is 1. The molecule has 2 rings (SSSR count). The fraction of sp³-hybridized carbons (Fsp3) is 0.0909. The first-order valence-electron chi connectivity index (χ1n) is 4.49. The Labute approximate surface area is 87.0 Å². The third-order valence-electron chi connectivity index (χ3n) is 2.09. The summed E-state index contributed by atoms with van der Waals surface area (Å²) in [6.45, 7) is 1.97. The molecule has 0 bridgehead atoms. The van der Waals surface area contributed by atoms with Crippen molar-refractivity contribution < 1.29 is 4.79 Å². The van der Waals surface area contributed by atoms with E-state index in [0.29, 0.717) is 11.4 Å². The predicted molar refractivity (Wildman–Crippen MR) is 55.4 cm³/mol. The Balaban J connectivity index is 2.46. The van der Waals surface area contributed by atoms with Crippen molar-refractivity contribution >= 4 is 6.29 Å². The molecule has 0 aliphatic heterocycles. The van der Waals surface area contributed by atoms with E-state index in [-0.39, 0.29) is 0 Å². The highest BCUT2D eigenvalue weighted by Gasteiger charge is 2.04. The van der Waals surface area contributed by atoms with Gasteiger partial charge in [-0.2, -0.15) is 0 Å². The molecule has 0 amide bonds. The van der Waals surface area contributed by atoms with Crippen LogP contribution in [0.5, 0.6) is 0 Å². The van der Waals surface area contributed by atoms with Crippen molar-refractivity contribution in [3.05, 3.63) is 42.0 Å².